The number of halogens is 3. The Morgan fingerprint density at radius 2 is 2.06 bits per heavy atom. The quantitative estimate of drug-likeness (QED) is 0.366. The van der Waals surface area contributed by atoms with E-state index in [0.29, 0.717) is 0 Å². The number of alkyl halides is 3. The molecule has 2 atom stereocenters. The van der Waals surface area contributed by atoms with Crippen molar-refractivity contribution < 1.29 is 29.0 Å². The van der Waals surface area contributed by atoms with E-state index in [4.69, 9.17) is 39.5 Å². The van der Waals surface area contributed by atoms with E-state index in [-0.39, 0.29) is 42.5 Å². The van der Waals surface area contributed by atoms with Crippen LogP contribution in [0.15, 0.2) is 28.8 Å². The van der Waals surface area contributed by atoms with Gasteiger partial charge in [-0.25, -0.2) is 9.59 Å². The highest BCUT2D eigenvalue weighted by Crippen LogP contribution is 2.40. The van der Waals surface area contributed by atoms with Gasteiger partial charge in [-0.3, -0.25) is 14.5 Å². The number of hydrogen-bond donors (Lipinski definition) is 3. The number of thiophene rings is 1. The summed E-state index contributed by atoms with van der Waals surface area (Å²) in [7, 11) is 0. The second-order valence-electron chi connectivity index (χ2n) is 6.51. The van der Waals surface area contributed by atoms with Gasteiger partial charge in [0.15, 0.2) is 0 Å². The largest absolute Gasteiger partial charge is 0.477 e. The fourth-order valence-electron chi connectivity index (χ4n) is 2.97. The maximum absolute atomic E-state index is 12.6. The zero-order valence-electron chi connectivity index (χ0n) is 15.6. The highest BCUT2D eigenvalue weighted by molar-refractivity contribution is 8.00. The minimum absolute atomic E-state index is 0.142. The van der Waals surface area contributed by atoms with Crippen LogP contribution >= 0.6 is 57.9 Å². The standard InChI is InChI=1S/C17H16Cl3N3O6S2/c18-17(19,20)7-21-16(28)29-5-8-6-31-14-11(13(25)23(14)12(8)15(26)27)22-10(24)4-9-2-1-3-30-9/h1-3,11,14H,4-7H2,(H,21,28)(H,22,24)(H,26,27)/t11?,14-/m0/s1. The van der Waals surface area contributed by atoms with E-state index in [1.54, 1.807) is 0 Å². The van der Waals surface area contributed by atoms with Crippen molar-refractivity contribution in [2.24, 2.45) is 0 Å². The smallest absolute Gasteiger partial charge is 0.407 e. The number of thioether (sulfide) groups is 1. The number of carboxylic acid groups (broad SMARTS) is 1. The molecule has 1 aromatic rings. The van der Waals surface area contributed by atoms with E-state index in [1.165, 1.54) is 23.1 Å². The molecular formula is C17H16Cl3N3O6S2. The predicted octanol–water partition coefficient (Wildman–Crippen LogP) is 2.13. The van der Waals surface area contributed by atoms with Crippen LogP contribution < -0.4 is 10.6 Å². The lowest BCUT2D eigenvalue weighted by atomic mass is 10.0. The summed E-state index contributed by atoms with van der Waals surface area (Å²) >= 11 is 19.3. The number of carbonyl (C=O) groups excluding carboxylic acids is 3. The van der Waals surface area contributed by atoms with Gasteiger partial charge in [-0.1, -0.05) is 40.9 Å². The Labute approximate surface area is 200 Å². The molecule has 3 heterocycles. The van der Waals surface area contributed by atoms with Gasteiger partial charge in [0, 0.05) is 16.2 Å². The second-order valence-corrected chi connectivity index (χ2v) is 11.2. The molecule has 0 saturated carbocycles. The van der Waals surface area contributed by atoms with Crippen molar-refractivity contribution in [3.63, 3.8) is 0 Å². The number of ether oxygens (including phenoxy) is 1. The number of carboxylic acids is 1. The molecule has 1 aromatic heterocycles. The van der Waals surface area contributed by atoms with Crippen molar-refractivity contribution in [3.8, 4) is 0 Å². The highest BCUT2D eigenvalue weighted by atomic mass is 35.6. The lowest BCUT2D eigenvalue weighted by Crippen LogP contribution is -2.70. The van der Waals surface area contributed by atoms with E-state index in [1.807, 2.05) is 17.5 Å². The molecule has 2 aliphatic heterocycles. The van der Waals surface area contributed by atoms with Gasteiger partial charge < -0.3 is 20.5 Å². The summed E-state index contributed by atoms with van der Waals surface area (Å²) in [6, 6.07) is 2.82. The van der Waals surface area contributed by atoms with Crippen LogP contribution in [0.1, 0.15) is 4.88 Å². The van der Waals surface area contributed by atoms with E-state index >= 15 is 0 Å². The Morgan fingerprint density at radius 3 is 2.68 bits per heavy atom. The first-order valence-electron chi connectivity index (χ1n) is 8.76. The summed E-state index contributed by atoms with van der Waals surface area (Å²) in [6.45, 7) is -0.651. The summed E-state index contributed by atoms with van der Waals surface area (Å²) < 4.78 is 3.28. The molecule has 0 aromatic carbocycles. The lowest BCUT2D eigenvalue weighted by molar-refractivity contribution is -0.150. The zero-order valence-corrected chi connectivity index (χ0v) is 19.5. The maximum Gasteiger partial charge on any atom is 0.407 e. The number of fused-ring (bicyclic) bond motifs is 1. The van der Waals surface area contributed by atoms with Gasteiger partial charge in [0.05, 0.1) is 13.0 Å². The Bertz CT molecular complexity index is 919. The number of carbonyl (C=O) groups is 4. The number of rotatable bonds is 7. The van der Waals surface area contributed by atoms with Crippen molar-refractivity contribution in [2.75, 3.05) is 18.9 Å². The van der Waals surface area contributed by atoms with Crippen molar-refractivity contribution in [2.45, 2.75) is 21.6 Å². The monoisotopic (exact) mass is 527 g/mol. The molecule has 0 spiro atoms. The minimum Gasteiger partial charge on any atom is -0.477 e. The SMILES string of the molecule is O=C(Cc1cccs1)NC1C(=O)N2C(C(=O)O)=C(COC(=O)NCC(Cl)(Cl)Cl)CS[C@@H]12. The highest BCUT2D eigenvalue weighted by Gasteiger charge is 2.54. The third kappa shape index (κ3) is 5.98. The van der Waals surface area contributed by atoms with Crippen LogP contribution in [0.4, 0.5) is 4.79 Å². The molecule has 168 valence electrons. The molecule has 0 radical (unpaired) electrons. The average Bonchev–Trinajstić information content (AvgIpc) is 3.20. The van der Waals surface area contributed by atoms with Crippen molar-refractivity contribution >= 4 is 81.8 Å². The molecule has 0 bridgehead atoms. The molecule has 3 amide bonds. The van der Waals surface area contributed by atoms with E-state index < -0.39 is 33.2 Å². The van der Waals surface area contributed by atoms with Crippen molar-refractivity contribution in [1.29, 1.82) is 0 Å². The van der Waals surface area contributed by atoms with Gasteiger partial charge in [-0.05, 0) is 11.4 Å². The second kappa shape index (κ2) is 9.86. The third-order valence-electron chi connectivity index (χ3n) is 4.29. The Hall–Kier alpha value is -1.66. The van der Waals surface area contributed by atoms with E-state index in [0.717, 1.165) is 9.78 Å². The van der Waals surface area contributed by atoms with Crippen LogP contribution in [0, 0.1) is 0 Å². The topological polar surface area (TPSA) is 125 Å². The molecule has 9 nitrogen and oxygen atoms in total. The molecular weight excluding hydrogens is 513 g/mol. The van der Waals surface area contributed by atoms with E-state index in [9.17, 15) is 24.3 Å². The summed E-state index contributed by atoms with van der Waals surface area (Å²) in [5.41, 5.74) is -0.0128. The lowest BCUT2D eigenvalue weighted by Gasteiger charge is -2.49. The molecule has 31 heavy (non-hydrogen) atoms. The van der Waals surface area contributed by atoms with Crippen LogP contribution in [0.3, 0.4) is 0 Å². The average molecular weight is 529 g/mol. The van der Waals surface area contributed by atoms with Crippen LogP contribution in [-0.2, 0) is 25.5 Å². The summed E-state index contributed by atoms with van der Waals surface area (Å²) in [5.74, 6) is -1.98. The summed E-state index contributed by atoms with van der Waals surface area (Å²) in [4.78, 5) is 50.3. The first kappa shape index (κ1) is 24.0. The van der Waals surface area contributed by atoms with E-state index in [2.05, 4.69) is 10.6 Å². The molecule has 3 N–H and O–H groups in total. The first-order chi connectivity index (χ1) is 14.6. The fourth-order valence-corrected chi connectivity index (χ4v) is 5.20. The van der Waals surface area contributed by atoms with Crippen molar-refractivity contribution in [1.82, 2.24) is 15.5 Å². The van der Waals surface area contributed by atoms with Gasteiger partial charge in [0.25, 0.3) is 5.91 Å². The number of β-lactam (4-membered cyclic amide) rings is 1. The zero-order chi connectivity index (χ0) is 22.8. The number of hydrogen-bond acceptors (Lipinski definition) is 7. The molecule has 2 aliphatic rings. The molecule has 14 heteroatoms. The molecule has 0 aliphatic carbocycles. The van der Waals surface area contributed by atoms with Gasteiger partial charge in [0.2, 0.25) is 9.70 Å². The van der Waals surface area contributed by atoms with Gasteiger partial charge in [0.1, 0.15) is 23.7 Å². The molecule has 1 fully saturated rings. The van der Waals surface area contributed by atoms with Crippen molar-refractivity contribution in [3.05, 3.63) is 33.7 Å². The number of aliphatic carboxylic acids is 1. The van der Waals surface area contributed by atoms with Crippen LogP contribution in [0.25, 0.3) is 0 Å². The van der Waals surface area contributed by atoms with Crippen LogP contribution in [-0.4, -0.2) is 68.0 Å². The fraction of sp³-hybridized carbons (Fsp3) is 0.412. The first-order valence-corrected chi connectivity index (χ1v) is 11.8. The Morgan fingerprint density at radius 1 is 1.32 bits per heavy atom. The molecule has 3 rings (SSSR count). The number of nitrogens with one attached hydrogen (secondary N) is 2. The summed E-state index contributed by atoms with van der Waals surface area (Å²) in [5, 5.41) is 15.8. The number of nitrogens with zero attached hydrogens (tertiary/aromatic N) is 1. The predicted molar refractivity (Wildman–Crippen MR) is 117 cm³/mol. The maximum atomic E-state index is 12.6. The normalized spacial score (nSPS) is 20.6. The van der Waals surface area contributed by atoms with Gasteiger partial charge in [-0.2, -0.15) is 0 Å². The Kier molecular flexibility index (Phi) is 7.63. The Balaban J connectivity index is 1.61. The minimum atomic E-state index is -1.70. The number of alkyl carbamates (subject to hydrolysis) is 1. The summed E-state index contributed by atoms with van der Waals surface area (Å²) in [6.07, 6.45) is -0.757. The van der Waals surface area contributed by atoms with Crippen LogP contribution in [0.5, 0.6) is 0 Å². The molecule has 1 unspecified atom stereocenters. The third-order valence-corrected chi connectivity index (χ3v) is 6.91. The van der Waals surface area contributed by atoms with Crippen LogP contribution in [0.2, 0.25) is 0 Å². The van der Waals surface area contributed by atoms with Gasteiger partial charge >= 0.3 is 12.1 Å². The number of amides is 3. The van der Waals surface area contributed by atoms with Gasteiger partial charge in [-0.15, -0.1) is 23.1 Å². The molecule has 1 saturated heterocycles.